The Balaban J connectivity index is 1.82. The monoisotopic (exact) mass is 451 g/mol. The van der Waals surface area contributed by atoms with Crippen molar-refractivity contribution >= 4 is 31.4 Å². The number of rotatable bonds is 7. The van der Waals surface area contributed by atoms with Crippen molar-refractivity contribution in [3.8, 4) is 17.1 Å². The predicted molar refractivity (Wildman–Crippen MR) is 110 cm³/mol. The first-order valence-electron chi connectivity index (χ1n) is 8.60. The lowest BCUT2D eigenvalue weighted by Crippen LogP contribution is -2.08. The van der Waals surface area contributed by atoms with E-state index in [1.54, 1.807) is 4.52 Å². The van der Waals surface area contributed by atoms with Crippen molar-refractivity contribution in [3.05, 3.63) is 47.2 Å². The number of hydrogen-bond donors (Lipinski definition) is 0. The lowest BCUT2D eigenvalue weighted by molar-refractivity contribution is 0.317. The summed E-state index contributed by atoms with van der Waals surface area (Å²) in [6, 6.07) is 7.86. The van der Waals surface area contributed by atoms with Crippen molar-refractivity contribution in [2.75, 3.05) is 18.6 Å². The largest absolute Gasteiger partial charge is 0.494 e. The van der Waals surface area contributed by atoms with Gasteiger partial charge in [0.1, 0.15) is 15.6 Å². The molecule has 8 heteroatoms. The highest BCUT2D eigenvalue weighted by Gasteiger charge is 2.14. The quantitative estimate of drug-likeness (QED) is 0.404. The third kappa shape index (κ3) is 4.87. The van der Waals surface area contributed by atoms with Crippen LogP contribution in [0.4, 0.5) is 0 Å². The fraction of sp³-hybridized carbons (Fsp3) is 0.368. The van der Waals surface area contributed by atoms with Gasteiger partial charge in [0.15, 0.2) is 11.5 Å². The maximum Gasteiger partial charge on any atom is 0.182 e. The molecular weight excluding hydrogens is 430 g/mol. The van der Waals surface area contributed by atoms with Crippen molar-refractivity contribution in [3.63, 3.8) is 0 Å². The molecule has 0 N–H and O–H groups in total. The Morgan fingerprint density at radius 2 is 1.89 bits per heavy atom. The van der Waals surface area contributed by atoms with Gasteiger partial charge in [0.25, 0.3) is 0 Å². The summed E-state index contributed by atoms with van der Waals surface area (Å²) in [5, 5.41) is 5.39. The van der Waals surface area contributed by atoms with Gasteiger partial charge in [0.05, 0.1) is 12.4 Å². The maximum atomic E-state index is 11.2. The number of halogens is 1. The molecule has 1 aromatic carbocycles. The number of pyridine rings is 1. The molecule has 0 amide bonds. The second-order valence-corrected chi connectivity index (χ2v) is 9.49. The van der Waals surface area contributed by atoms with E-state index in [9.17, 15) is 8.42 Å². The molecule has 3 rings (SSSR count). The predicted octanol–water partition coefficient (Wildman–Crippen LogP) is 3.72. The van der Waals surface area contributed by atoms with Crippen molar-refractivity contribution < 1.29 is 13.2 Å². The number of ether oxygens (including phenoxy) is 1. The van der Waals surface area contributed by atoms with Crippen LogP contribution in [0.5, 0.6) is 5.75 Å². The fourth-order valence-electron chi connectivity index (χ4n) is 2.98. The Labute approximate surface area is 167 Å². The van der Waals surface area contributed by atoms with E-state index in [0.717, 1.165) is 39.0 Å². The molecule has 0 saturated heterocycles. The summed E-state index contributed by atoms with van der Waals surface area (Å²) >= 11 is 3.45. The minimum Gasteiger partial charge on any atom is -0.494 e. The summed E-state index contributed by atoms with van der Waals surface area (Å²) in [5.41, 5.74) is 4.96. The Hall–Kier alpha value is -1.93. The van der Waals surface area contributed by atoms with E-state index < -0.39 is 9.84 Å². The molecule has 2 aromatic heterocycles. The highest BCUT2D eigenvalue weighted by atomic mass is 79.9. The van der Waals surface area contributed by atoms with Gasteiger partial charge in [-0.15, -0.1) is 5.10 Å². The van der Waals surface area contributed by atoms with Gasteiger partial charge in [-0.05, 0) is 55.2 Å². The summed E-state index contributed by atoms with van der Waals surface area (Å²) < 4.78 is 29.9. The second-order valence-electron chi connectivity index (χ2n) is 6.67. The molecule has 144 valence electrons. The van der Waals surface area contributed by atoms with E-state index in [1.165, 1.54) is 6.26 Å². The van der Waals surface area contributed by atoms with E-state index in [1.807, 2.05) is 44.3 Å². The minimum absolute atomic E-state index is 0.130. The van der Waals surface area contributed by atoms with E-state index in [4.69, 9.17) is 4.74 Å². The molecule has 0 atom stereocenters. The van der Waals surface area contributed by atoms with Crippen LogP contribution < -0.4 is 4.74 Å². The van der Waals surface area contributed by atoms with Crippen molar-refractivity contribution in [1.29, 1.82) is 0 Å². The molecule has 0 aliphatic rings. The number of alkyl halides is 1. The second kappa shape index (κ2) is 7.98. The number of sulfone groups is 1. The van der Waals surface area contributed by atoms with E-state index >= 15 is 0 Å². The zero-order valence-electron chi connectivity index (χ0n) is 15.6. The van der Waals surface area contributed by atoms with Gasteiger partial charge in [0.2, 0.25) is 0 Å². The molecular formula is C19H22BrN3O3S. The van der Waals surface area contributed by atoms with Gasteiger partial charge in [-0.2, -0.15) is 0 Å². The number of nitrogens with zero attached hydrogens (tertiary/aromatic N) is 3. The van der Waals surface area contributed by atoms with Crippen molar-refractivity contribution in [2.24, 2.45) is 0 Å². The highest BCUT2D eigenvalue weighted by molar-refractivity contribution is 9.08. The smallest absolute Gasteiger partial charge is 0.182 e. The van der Waals surface area contributed by atoms with Gasteiger partial charge >= 0.3 is 0 Å². The Morgan fingerprint density at radius 1 is 1.19 bits per heavy atom. The summed E-state index contributed by atoms with van der Waals surface area (Å²) in [7, 11) is -2.96. The minimum atomic E-state index is -2.96. The maximum absolute atomic E-state index is 11.2. The SMILES string of the molecule is Cc1cc(OCCCS(C)(=O)=O)cc(C)c1-c1nc2ccc(CBr)cn2n1. The normalized spacial score (nSPS) is 11.9. The van der Waals surface area contributed by atoms with Gasteiger partial charge in [0, 0.05) is 23.3 Å². The van der Waals surface area contributed by atoms with E-state index in [-0.39, 0.29) is 5.75 Å². The molecule has 0 aliphatic carbocycles. The van der Waals surface area contributed by atoms with Crippen LogP contribution >= 0.6 is 15.9 Å². The van der Waals surface area contributed by atoms with Crippen LogP contribution in [0.2, 0.25) is 0 Å². The third-order valence-corrected chi connectivity index (χ3v) is 5.88. The Kier molecular flexibility index (Phi) is 5.86. The lowest BCUT2D eigenvalue weighted by Gasteiger charge is -2.11. The molecule has 2 heterocycles. The average Bonchev–Trinajstić information content (AvgIpc) is 2.99. The van der Waals surface area contributed by atoms with Crippen LogP contribution in [0.25, 0.3) is 17.0 Å². The molecule has 0 bridgehead atoms. The standard InChI is InChI=1S/C19H22BrN3O3S/c1-13-9-16(26-7-4-8-27(3,24)25)10-14(2)18(13)19-21-17-6-5-15(11-20)12-23(17)22-19/h5-6,9-10,12H,4,7-8,11H2,1-3H3. The van der Waals surface area contributed by atoms with Crippen LogP contribution in [0.15, 0.2) is 30.5 Å². The number of benzene rings is 1. The molecule has 0 spiro atoms. The van der Waals surface area contributed by atoms with Crippen molar-refractivity contribution in [2.45, 2.75) is 25.6 Å². The van der Waals surface area contributed by atoms with E-state index in [2.05, 4.69) is 26.0 Å². The molecule has 0 unspecified atom stereocenters. The first-order chi connectivity index (χ1) is 12.8. The van der Waals surface area contributed by atoms with Crippen LogP contribution in [-0.4, -0.2) is 41.6 Å². The molecule has 0 radical (unpaired) electrons. The lowest BCUT2D eigenvalue weighted by atomic mass is 10.0. The number of aryl methyl sites for hydroxylation is 2. The summed E-state index contributed by atoms with van der Waals surface area (Å²) in [6.45, 7) is 4.37. The van der Waals surface area contributed by atoms with Gasteiger partial charge in [-0.1, -0.05) is 22.0 Å². The summed E-state index contributed by atoms with van der Waals surface area (Å²) in [5.74, 6) is 1.54. The third-order valence-electron chi connectivity index (χ3n) is 4.20. The topological polar surface area (TPSA) is 73.6 Å². The fourth-order valence-corrected chi connectivity index (χ4v) is 3.96. The van der Waals surface area contributed by atoms with E-state index in [0.29, 0.717) is 18.9 Å². The zero-order chi connectivity index (χ0) is 19.6. The Morgan fingerprint density at radius 3 is 2.52 bits per heavy atom. The summed E-state index contributed by atoms with van der Waals surface area (Å²) in [4.78, 5) is 4.64. The van der Waals surface area contributed by atoms with Crippen molar-refractivity contribution in [1.82, 2.24) is 14.6 Å². The first-order valence-corrected chi connectivity index (χ1v) is 11.8. The van der Waals surface area contributed by atoms with Gasteiger partial charge < -0.3 is 4.74 Å². The molecule has 27 heavy (non-hydrogen) atoms. The molecule has 0 aliphatic heterocycles. The highest BCUT2D eigenvalue weighted by Crippen LogP contribution is 2.29. The molecule has 6 nitrogen and oxygen atoms in total. The molecule has 0 saturated carbocycles. The molecule has 3 aromatic rings. The Bertz CT molecular complexity index is 1050. The number of fused-ring (bicyclic) bond motifs is 1. The average molecular weight is 452 g/mol. The van der Waals surface area contributed by atoms with Crippen LogP contribution in [-0.2, 0) is 15.2 Å². The van der Waals surface area contributed by atoms with Gasteiger partial charge in [-0.3, -0.25) is 0 Å². The number of hydrogen-bond acceptors (Lipinski definition) is 5. The first kappa shape index (κ1) is 19.8. The number of aromatic nitrogens is 3. The van der Waals surface area contributed by atoms with Crippen LogP contribution in [0, 0.1) is 13.8 Å². The van der Waals surface area contributed by atoms with Gasteiger partial charge in [-0.25, -0.2) is 17.9 Å². The van der Waals surface area contributed by atoms with Crippen LogP contribution in [0.1, 0.15) is 23.1 Å². The zero-order valence-corrected chi connectivity index (χ0v) is 18.0. The summed E-state index contributed by atoms with van der Waals surface area (Å²) in [6.07, 6.45) is 3.67. The van der Waals surface area contributed by atoms with Crippen LogP contribution in [0.3, 0.4) is 0 Å². The molecule has 0 fully saturated rings.